The van der Waals surface area contributed by atoms with Crippen LogP contribution in [0.15, 0.2) is 30.3 Å². The standard InChI is InChI=1S/C42H66N2O5S/c1-8-42(43-21-22-44-23-25-50(48,49)26-24-44)20-19-40(6)33(34(42)27-29(2)28-45)13-14-36-39(5)17-15-32(30-9-11-31(12-10-30)37(46)47)38(3,4)35(39)16-18-41(36,40)7/h9-12,15,29,33-36,43,45H,8,13-14,16-28H2,1-7H3,(H,46,47). The van der Waals surface area contributed by atoms with Crippen LogP contribution >= 0.6 is 0 Å². The summed E-state index contributed by atoms with van der Waals surface area (Å²) in [6.07, 6.45) is 13.0. The zero-order valence-electron chi connectivity index (χ0n) is 32.1. The van der Waals surface area contributed by atoms with Crippen LogP contribution in [0.3, 0.4) is 0 Å². The molecular formula is C42H66N2O5S. The molecule has 1 saturated heterocycles. The fourth-order valence-corrected chi connectivity index (χ4v) is 14.4. The highest BCUT2D eigenvalue weighted by molar-refractivity contribution is 7.91. The first-order valence-corrected chi connectivity index (χ1v) is 21.6. The van der Waals surface area contributed by atoms with Gasteiger partial charge in [0.15, 0.2) is 9.84 Å². The molecule has 0 bridgehead atoms. The molecule has 3 saturated carbocycles. The van der Waals surface area contributed by atoms with Gasteiger partial charge < -0.3 is 20.4 Å². The fraction of sp³-hybridized carbons (Fsp3) is 0.786. The molecule has 6 rings (SSSR count). The zero-order chi connectivity index (χ0) is 36.3. The van der Waals surface area contributed by atoms with E-state index in [0.29, 0.717) is 42.3 Å². The van der Waals surface area contributed by atoms with Gasteiger partial charge in [-0.3, -0.25) is 0 Å². The van der Waals surface area contributed by atoms with Crippen molar-refractivity contribution >= 4 is 21.4 Å². The Balaban J connectivity index is 1.26. The van der Waals surface area contributed by atoms with Crippen molar-refractivity contribution in [3.8, 4) is 0 Å². The number of carboxylic acids is 1. The van der Waals surface area contributed by atoms with Crippen LogP contribution in [0.4, 0.5) is 0 Å². The first-order chi connectivity index (χ1) is 23.5. The molecule has 4 fully saturated rings. The van der Waals surface area contributed by atoms with Crippen molar-refractivity contribution in [1.29, 1.82) is 0 Å². The van der Waals surface area contributed by atoms with Gasteiger partial charge in [-0.15, -0.1) is 0 Å². The average Bonchev–Trinajstić information content (AvgIpc) is 3.06. The molecule has 5 aliphatic rings. The number of carbonyl (C=O) groups is 1. The van der Waals surface area contributed by atoms with Gasteiger partial charge in [0.25, 0.3) is 0 Å². The molecule has 8 heteroatoms. The Morgan fingerprint density at radius 1 is 0.960 bits per heavy atom. The smallest absolute Gasteiger partial charge is 0.335 e. The quantitative estimate of drug-likeness (QED) is 0.230. The Hall–Kier alpha value is -1.74. The predicted octanol–water partition coefficient (Wildman–Crippen LogP) is 7.55. The van der Waals surface area contributed by atoms with Crippen LogP contribution in [-0.2, 0) is 9.84 Å². The van der Waals surface area contributed by atoms with Gasteiger partial charge in [0.2, 0.25) is 0 Å². The van der Waals surface area contributed by atoms with Gasteiger partial charge in [0.1, 0.15) is 0 Å². The van der Waals surface area contributed by atoms with Crippen LogP contribution < -0.4 is 5.32 Å². The number of nitrogens with zero attached hydrogens (tertiary/aromatic N) is 1. The maximum Gasteiger partial charge on any atom is 0.335 e. The molecule has 9 atom stereocenters. The highest BCUT2D eigenvalue weighted by Gasteiger charge is 2.68. The lowest BCUT2D eigenvalue weighted by molar-refractivity contribution is -0.221. The van der Waals surface area contributed by atoms with Gasteiger partial charge in [0.05, 0.1) is 17.1 Å². The van der Waals surface area contributed by atoms with E-state index in [-0.39, 0.29) is 51.2 Å². The number of benzene rings is 1. The molecule has 0 aromatic heterocycles. The van der Waals surface area contributed by atoms with Crippen molar-refractivity contribution in [2.75, 3.05) is 44.3 Å². The molecule has 7 nitrogen and oxygen atoms in total. The minimum absolute atomic E-state index is 0.0116. The van der Waals surface area contributed by atoms with Crippen LogP contribution in [0.2, 0.25) is 0 Å². The Morgan fingerprint density at radius 2 is 1.64 bits per heavy atom. The van der Waals surface area contributed by atoms with Gasteiger partial charge in [-0.2, -0.15) is 0 Å². The molecule has 280 valence electrons. The lowest BCUT2D eigenvalue weighted by Gasteiger charge is -2.72. The van der Waals surface area contributed by atoms with E-state index in [4.69, 9.17) is 0 Å². The highest BCUT2D eigenvalue weighted by Crippen LogP contribution is 2.75. The monoisotopic (exact) mass is 710 g/mol. The molecule has 0 spiro atoms. The normalized spacial score (nSPS) is 40.1. The van der Waals surface area contributed by atoms with E-state index in [2.05, 4.69) is 64.8 Å². The summed E-state index contributed by atoms with van der Waals surface area (Å²) >= 11 is 0. The summed E-state index contributed by atoms with van der Waals surface area (Å²) < 4.78 is 24.1. The van der Waals surface area contributed by atoms with Crippen LogP contribution in [0, 0.1) is 51.2 Å². The number of aliphatic hydroxyl groups excluding tert-OH is 1. The number of carboxylic acid groups (broad SMARTS) is 1. The van der Waals surface area contributed by atoms with Gasteiger partial charge in [-0.25, -0.2) is 13.2 Å². The van der Waals surface area contributed by atoms with Crippen molar-refractivity contribution in [2.45, 2.75) is 112 Å². The van der Waals surface area contributed by atoms with Gasteiger partial charge >= 0.3 is 5.97 Å². The number of aliphatic hydroxyl groups is 1. The molecule has 1 aliphatic heterocycles. The number of sulfone groups is 1. The SMILES string of the molecule is CCC1(NCCN2CCS(=O)(=O)CC2)CCC2(C)C(CCC3C4(C)CC=C(c5ccc(C(=O)O)cc5)C(C)(C)C4CCC32C)C1CC(C)CO. The lowest BCUT2D eigenvalue weighted by atomic mass is 9.32. The summed E-state index contributed by atoms with van der Waals surface area (Å²) in [4.78, 5) is 13.9. The van der Waals surface area contributed by atoms with E-state index in [0.717, 1.165) is 44.3 Å². The second-order valence-electron chi connectivity index (χ2n) is 18.7. The van der Waals surface area contributed by atoms with Crippen LogP contribution in [0.5, 0.6) is 0 Å². The summed E-state index contributed by atoms with van der Waals surface area (Å²) in [7, 11) is -2.88. The number of hydrogen-bond acceptors (Lipinski definition) is 6. The third kappa shape index (κ3) is 6.24. The van der Waals surface area contributed by atoms with Crippen LogP contribution in [0.25, 0.3) is 5.57 Å². The number of nitrogens with one attached hydrogen (secondary N) is 1. The van der Waals surface area contributed by atoms with Crippen molar-refractivity contribution < 1.29 is 23.4 Å². The van der Waals surface area contributed by atoms with E-state index >= 15 is 0 Å². The Bertz CT molecular complexity index is 1540. The molecule has 0 amide bonds. The molecule has 1 heterocycles. The van der Waals surface area contributed by atoms with E-state index in [1.54, 1.807) is 12.1 Å². The first kappa shape index (κ1) is 38.0. The minimum atomic E-state index is -2.88. The molecule has 1 aromatic rings. The third-order valence-electron chi connectivity index (χ3n) is 16.2. The highest BCUT2D eigenvalue weighted by atomic mass is 32.2. The second-order valence-corrected chi connectivity index (χ2v) is 21.0. The molecule has 9 unspecified atom stereocenters. The molecule has 0 radical (unpaired) electrons. The summed E-state index contributed by atoms with van der Waals surface area (Å²) in [5.41, 5.74) is 3.53. The predicted molar refractivity (Wildman–Crippen MR) is 203 cm³/mol. The molecular weight excluding hydrogens is 645 g/mol. The molecule has 3 N–H and O–H groups in total. The van der Waals surface area contributed by atoms with Crippen molar-refractivity contribution in [3.63, 3.8) is 0 Å². The third-order valence-corrected chi connectivity index (χ3v) is 17.8. The molecule has 1 aromatic carbocycles. The number of allylic oxidation sites excluding steroid dienone is 2. The Morgan fingerprint density at radius 3 is 2.26 bits per heavy atom. The first-order valence-electron chi connectivity index (χ1n) is 19.8. The van der Waals surface area contributed by atoms with Crippen molar-refractivity contribution in [2.24, 2.45) is 51.2 Å². The number of rotatable bonds is 10. The van der Waals surface area contributed by atoms with E-state index < -0.39 is 15.8 Å². The number of fused-ring (bicyclic) bond motifs is 5. The summed E-state index contributed by atoms with van der Waals surface area (Å²) in [5.74, 6) is 2.20. The maximum atomic E-state index is 12.0. The number of aromatic carboxylic acids is 1. The number of hydrogen-bond donors (Lipinski definition) is 3. The zero-order valence-corrected chi connectivity index (χ0v) is 32.9. The van der Waals surface area contributed by atoms with E-state index in [1.165, 1.54) is 37.7 Å². The van der Waals surface area contributed by atoms with Gasteiger partial charge in [-0.05, 0) is 132 Å². The lowest BCUT2D eigenvalue weighted by Crippen LogP contribution is -2.68. The molecule has 4 aliphatic carbocycles. The summed E-state index contributed by atoms with van der Waals surface area (Å²) in [6, 6.07) is 7.54. The van der Waals surface area contributed by atoms with Crippen molar-refractivity contribution in [3.05, 3.63) is 41.5 Å². The van der Waals surface area contributed by atoms with E-state index in [1.807, 2.05) is 12.1 Å². The average molecular weight is 711 g/mol. The second kappa shape index (κ2) is 13.6. The fourth-order valence-electron chi connectivity index (χ4n) is 13.2. The molecule has 50 heavy (non-hydrogen) atoms. The Kier molecular flexibility index (Phi) is 10.3. The van der Waals surface area contributed by atoms with Gasteiger partial charge in [-0.1, -0.05) is 66.7 Å². The van der Waals surface area contributed by atoms with Gasteiger partial charge in [0, 0.05) is 38.3 Å². The van der Waals surface area contributed by atoms with Crippen LogP contribution in [-0.4, -0.2) is 79.3 Å². The van der Waals surface area contributed by atoms with E-state index in [9.17, 15) is 23.4 Å². The maximum absolute atomic E-state index is 12.0. The van der Waals surface area contributed by atoms with Crippen LogP contribution in [0.1, 0.15) is 122 Å². The minimum Gasteiger partial charge on any atom is -0.478 e. The summed E-state index contributed by atoms with van der Waals surface area (Å²) in [5, 5.41) is 24.0. The largest absolute Gasteiger partial charge is 0.478 e. The Labute approximate surface area is 303 Å². The topological polar surface area (TPSA) is 107 Å². The van der Waals surface area contributed by atoms with Crippen molar-refractivity contribution in [1.82, 2.24) is 10.2 Å². The summed E-state index contributed by atoms with van der Waals surface area (Å²) in [6.45, 7) is 20.7.